The first-order valence-corrected chi connectivity index (χ1v) is 36.9. The summed E-state index contributed by atoms with van der Waals surface area (Å²) in [7, 11) is 0. The number of nitrogens with one attached hydrogen (secondary N) is 13. The minimum Gasteiger partial charge on any atom is -0.481 e. The van der Waals surface area contributed by atoms with Crippen LogP contribution >= 0.6 is 11.8 Å². The number of para-hydroxylation sites is 1. The molecule has 2 aromatic carbocycles. The Morgan fingerprint density at radius 1 is 0.482 bits per heavy atom. The van der Waals surface area contributed by atoms with Crippen LogP contribution in [0.4, 0.5) is 0 Å². The summed E-state index contributed by atoms with van der Waals surface area (Å²) in [5, 5.41) is 88.9. The van der Waals surface area contributed by atoms with Crippen LogP contribution in [-0.4, -0.2) is 247 Å². The number of aliphatic hydroxyl groups excluding tert-OH is 2. The van der Waals surface area contributed by atoms with Gasteiger partial charge in [0.2, 0.25) is 76.8 Å². The van der Waals surface area contributed by atoms with Crippen molar-refractivity contribution in [1.29, 1.82) is 0 Å². The van der Waals surface area contributed by atoms with E-state index in [1.165, 1.54) is 18.0 Å². The van der Waals surface area contributed by atoms with Gasteiger partial charge in [-0.15, -0.1) is 0 Å². The highest BCUT2D eigenvalue weighted by Crippen LogP contribution is 2.21. The number of aromatic nitrogens is 1. The molecule has 0 bridgehead atoms. The number of aromatic amines is 1. The number of carbonyl (C=O) groups is 17. The summed E-state index contributed by atoms with van der Waals surface area (Å²) in [5.41, 5.74) is 18.6. The van der Waals surface area contributed by atoms with Gasteiger partial charge in [-0.1, -0.05) is 76.2 Å². The fourth-order valence-corrected chi connectivity index (χ4v) is 11.4. The number of carbonyl (C=O) groups excluding carboxylic acids is 13. The zero-order valence-electron chi connectivity index (χ0n) is 61.9. The number of H-pyrrole nitrogens is 1. The monoisotopic (exact) mass is 1570 g/mol. The molecule has 1 heterocycles. The lowest BCUT2D eigenvalue weighted by Crippen LogP contribution is -2.62. The second-order valence-electron chi connectivity index (χ2n) is 26.8. The van der Waals surface area contributed by atoms with E-state index in [2.05, 4.69) is 68.8 Å². The Morgan fingerprint density at radius 2 is 0.945 bits per heavy atom. The first-order valence-electron chi connectivity index (χ1n) is 35.5. The van der Waals surface area contributed by atoms with Crippen LogP contribution in [0, 0.1) is 11.8 Å². The highest BCUT2D eigenvalue weighted by Gasteiger charge is 2.38. The second-order valence-corrected chi connectivity index (χ2v) is 27.8. The van der Waals surface area contributed by atoms with E-state index >= 15 is 0 Å². The quantitative estimate of drug-likeness (QED) is 0.0236. The number of rotatable bonds is 52. The smallest absolute Gasteiger partial charge is 0.326 e. The van der Waals surface area contributed by atoms with E-state index in [0.29, 0.717) is 22.0 Å². The number of unbranched alkanes of at least 4 members (excludes halogenated alkanes) is 1. The van der Waals surface area contributed by atoms with E-state index in [9.17, 15) is 107 Å². The van der Waals surface area contributed by atoms with Gasteiger partial charge in [-0.25, -0.2) is 4.79 Å². The van der Waals surface area contributed by atoms with E-state index in [4.69, 9.17) is 22.3 Å². The number of hydrogen-bond donors (Lipinski definition) is 22. The SMILES string of the molecule is CSCC[C@H](NC(=O)[C@H](CCC(N)=O)NC(=O)[C@@H](NC(=O)[C@H](CCCCN)NC(=O)[C@H](Cc1c[nH]c2ccccc12)NC(=O)[C@H](CCC(=O)O)NC(=O)CNC(=O)[C@H](CC(C)C)NC(=O)[C@H](CO)NC(=O)[C@H](Cc1ccccc1)NC(=O)[C@H](CC(=O)O)NC(=O)[C@@H](N)C(C)C)[C@@H](C)O)C(=O)N[C@@H](CCC(=O)O)C(=O)O. The van der Waals surface area contributed by atoms with Crippen LogP contribution in [-0.2, 0) is 94.3 Å². The van der Waals surface area contributed by atoms with Crippen LogP contribution in [0.3, 0.4) is 0 Å². The van der Waals surface area contributed by atoms with Gasteiger partial charge in [-0.2, -0.15) is 11.8 Å². The first kappa shape index (κ1) is 93.4. The topological polar surface area (TPSA) is 650 Å². The highest BCUT2D eigenvalue weighted by molar-refractivity contribution is 7.98. The van der Waals surface area contributed by atoms with Crippen molar-refractivity contribution in [3.63, 3.8) is 0 Å². The maximum atomic E-state index is 14.8. The number of nitrogens with two attached hydrogens (primary N) is 3. The first-order chi connectivity index (χ1) is 51.9. The third-order valence-electron chi connectivity index (χ3n) is 17.0. The Bertz CT molecular complexity index is 3680. The van der Waals surface area contributed by atoms with Crippen LogP contribution in [0.15, 0.2) is 60.8 Å². The number of fused-ring (bicyclic) bond motifs is 1. The van der Waals surface area contributed by atoms with Crippen molar-refractivity contribution in [2.75, 3.05) is 31.7 Å². The number of aliphatic carboxylic acids is 4. The van der Waals surface area contributed by atoms with E-state index in [0.717, 1.165) is 6.92 Å². The third-order valence-corrected chi connectivity index (χ3v) is 17.7. The van der Waals surface area contributed by atoms with Crippen molar-refractivity contribution >= 4 is 123 Å². The summed E-state index contributed by atoms with van der Waals surface area (Å²) in [5.74, 6) is -20.4. The Kier molecular flexibility index (Phi) is 40.6. The van der Waals surface area contributed by atoms with Crippen LogP contribution < -0.4 is 81.0 Å². The number of carboxylic acids is 4. The molecule has 0 unspecified atom stereocenters. The van der Waals surface area contributed by atoms with Crippen molar-refractivity contribution in [3.05, 3.63) is 71.9 Å². The number of benzene rings is 2. The standard InChI is InChI=1S/C70H104N16O23S/c1-35(2)28-47(81-67(105)51(34-87)85-64(102)48(29-38-14-8-7-9-15-38)82-66(104)50(31-56(95)96)84-68(106)57(73)36(3)4)59(97)75-33-53(90)76-43(20-23-54(91)92)60(98)83-49(30-39-32-74-41-17-11-10-16-40(39)41)65(103)77-42(18-12-13-26-71)63(101)86-58(37(5)88)69(107)79-44(19-22-52(72)89)61(99)78-45(25-27-110-6)62(100)80-46(70(108)109)21-24-55(93)94/h7-11,14-17,32,35-37,42-51,57-58,74,87-88H,12-13,18-31,33-34,71,73H2,1-6H3,(H2,72,89)(H,75,97)(H,76,90)(H,77,103)(H,78,99)(H,79,107)(H,80,100)(H,81,105)(H,82,104)(H,83,98)(H,84,106)(H,85,102)(H,86,101)(H,91,92)(H,93,94)(H,95,96)(H,108,109)/t37-,42+,43+,44+,45+,46+,47+,48+,49+,50+,51+,57+,58+/m1/s1. The lowest BCUT2D eigenvalue weighted by Gasteiger charge is -2.29. The predicted octanol–water partition coefficient (Wildman–Crippen LogP) is -4.76. The molecule has 0 spiro atoms. The van der Waals surface area contributed by atoms with Crippen molar-refractivity contribution in [2.24, 2.45) is 29.0 Å². The largest absolute Gasteiger partial charge is 0.481 e. The molecular formula is C70H104N16O23S. The summed E-state index contributed by atoms with van der Waals surface area (Å²) >= 11 is 1.23. The van der Waals surface area contributed by atoms with E-state index in [1.54, 1.807) is 88.5 Å². The molecule has 0 fully saturated rings. The van der Waals surface area contributed by atoms with Gasteiger partial charge in [0.15, 0.2) is 0 Å². The molecule has 0 saturated carbocycles. The third kappa shape index (κ3) is 33.3. The molecule has 110 heavy (non-hydrogen) atoms. The normalized spacial score (nSPS) is 14.7. The zero-order valence-corrected chi connectivity index (χ0v) is 62.7. The van der Waals surface area contributed by atoms with Crippen molar-refractivity contribution in [3.8, 4) is 0 Å². The molecule has 39 nitrogen and oxygen atoms in total. The summed E-state index contributed by atoms with van der Waals surface area (Å²) in [6.45, 7) is 5.72. The Morgan fingerprint density at radius 3 is 1.48 bits per heavy atom. The maximum absolute atomic E-state index is 14.8. The minimum atomic E-state index is -1.95. The molecule has 13 atom stereocenters. The lowest BCUT2D eigenvalue weighted by molar-refractivity contribution is -0.144. The average Bonchev–Trinajstić information content (AvgIpc) is 1.65. The van der Waals surface area contributed by atoms with E-state index in [1.807, 2.05) is 0 Å². The summed E-state index contributed by atoms with van der Waals surface area (Å²) in [6.07, 6.45) is -3.80. The number of hydrogen-bond acceptors (Lipinski definition) is 22. The molecule has 25 N–H and O–H groups in total. The summed E-state index contributed by atoms with van der Waals surface area (Å²) < 4.78 is 0. The van der Waals surface area contributed by atoms with Gasteiger partial charge in [0, 0.05) is 49.2 Å². The number of carboxylic acid groups (broad SMARTS) is 4. The van der Waals surface area contributed by atoms with Crippen molar-refractivity contribution in [2.45, 2.75) is 203 Å². The molecule has 40 heteroatoms. The van der Waals surface area contributed by atoms with Gasteiger partial charge in [0.05, 0.1) is 31.7 Å². The number of primary amides is 1. The molecular weight excluding hydrogens is 1460 g/mol. The summed E-state index contributed by atoms with van der Waals surface area (Å²) in [4.78, 5) is 230. The van der Waals surface area contributed by atoms with Gasteiger partial charge in [0.25, 0.3) is 0 Å². The molecule has 0 aliphatic carbocycles. The van der Waals surface area contributed by atoms with Crippen LogP contribution in [0.2, 0.25) is 0 Å². The number of thioether (sulfide) groups is 1. The minimum absolute atomic E-state index is 0.0958. The molecule has 0 aliphatic rings. The molecule has 0 saturated heterocycles. The van der Waals surface area contributed by atoms with E-state index in [-0.39, 0.29) is 63.2 Å². The van der Waals surface area contributed by atoms with Gasteiger partial charge in [-0.3, -0.25) is 76.7 Å². The molecule has 0 aliphatic heterocycles. The predicted molar refractivity (Wildman–Crippen MR) is 395 cm³/mol. The highest BCUT2D eigenvalue weighted by atomic mass is 32.2. The average molecular weight is 1570 g/mol. The van der Waals surface area contributed by atoms with Crippen LogP contribution in [0.5, 0.6) is 0 Å². The second kappa shape index (κ2) is 47.8. The van der Waals surface area contributed by atoms with Crippen molar-refractivity contribution in [1.82, 2.24) is 68.8 Å². The fourth-order valence-electron chi connectivity index (χ4n) is 10.9. The van der Waals surface area contributed by atoms with Crippen molar-refractivity contribution < 1.29 is 112 Å². The molecule has 1 aromatic heterocycles. The fraction of sp³-hybridized carbons (Fsp3) is 0.557. The Labute approximate surface area is 637 Å². The molecule has 3 aromatic rings. The Balaban J connectivity index is 1.94. The molecule has 608 valence electrons. The van der Waals surface area contributed by atoms with Crippen LogP contribution in [0.1, 0.15) is 123 Å². The molecule has 13 amide bonds. The summed E-state index contributed by atoms with van der Waals surface area (Å²) in [6, 6.07) is -4.87. The van der Waals surface area contributed by atoms with Crippen LogP contribution in [0.25, 0.3) is 10.9 Å². The van der Waals surface area contributed by atoms with Gasteiger partial charge < -0.3 is 117 Å². The number of aliphatic hydroxyl groups is 2. The number of amides is 13. The molecule has 3 rings (SSSR count). The van der Waals surface area contributed by atoms with Gasteiger partial charge in [0.1, 0.15) is 66.5 Å². The van der Waals surface area contributed by atoms with Gasteiger partial charge >= 0.3 is 23.9 Å². The Hall–Kier alpha value is -10.8. The maximum Gasteiger partial charge on any atom is 0.326 e. The molecule has 0 radical (unpaired) electrons. The zero-order chi connectivity index (χ0) is 82.5. The van der Waals surface area contributed by atoms with Gasteiger partial charge in [-0.05, 0) is 106 Å². The van der Waals surface area contributed by atoms with E-state index < -0.39 is 243 Å². The lowest BCUT2D eigenvalue weighted by atomic mass is 10.0.